The first-order chi connectivity index (χ1) is 6.70. The second-order valence-electron chi connectivity index (χ2n) is 2.99. The third-order valence-electron chi connectivity index (χ3n) is 1.90. The topological polar surface area (TPSA) is 102 Å². The minimum absolute atomic E-state index is 0.119. The van der Waals surface area contributed by atoms with Gasteiger partial charge in [-0.15, -0.1) is 0 Å². The lowest BCUT2D eigenvalue weighted by atomic mass is 10.3. The fourth-order valence-corrected chi connectivity index (χ4v) is 1.33. The van der Waals surface area contributed by atoms with Crippen LogP contribution in [0.15, 0.2) is 12.4 Å². The summed E-state index contributed by atoms with van der Waals surface area (Å²) in [6, 6.07) is 0. The first-order valence-electron chi connectivity index (χ1n) is 4.24. The Balaban J connectivity index is 2.58. The minimum atomic E-state index is -0.119. The van der Waals surface area contributed by atoms with Crippen LogP contribution in [0.25, 0.3) is 5.65 Å². The lowest BCUT2D eigenvalue weighted by Gasteiger charge is -1.96. The molecule has 0 saturated carbocycles. The van der Waals surface area contributed by atoms with Gasteiger partial charge in [-0.25, -0.2) is 4.98 Å². The molecule has 0 unspecified atom stereocenters. The lowest BCUT2D eigenvalue weighted by Crippen LogP contribution is -2.02. The molecule has 2 aromatic heterocycles. The number of aromatic hydroxyl groups is 1. The molecule has 0 fully saturated rings. The standard InChI is InChI=1S/C8H11N5O/c9-2-1-5-3-13-4-6(14)12-7(10)8(13)11-5/h3-4,14H,1-2,9H2,(H2,10,12). The van der Waals surface area contributed by atoms with Crippen molar-refractivity contribution < 1.29 is 5.11 Å². The van der Waals surface area contributed by atoms with Crippen LogP contribution in [0, 0.1) is 0 Å². The van der Waals surface area contributed by atoms with Crippen LogP contribution in [-0.2, 0) is 6.42 Å². The molecule has 2 heterocycles. The fraction of sp³-hybridized carbons (Fsp3) is 0.250. The Morgan fingerprint density at radius 3 is 2.86 bits per heavy atom. The summed E-state index contributed by atoms with van der Waals surface area (Å²) < 4.78 is 1.64. The minimum Gasteiger partial charge on any atom is -0.492 e. The maximum absolute atomic E-state index is 9.19. The smallest absolute Gasteiger partial charge is 0.230 e. The third kappa shape index (κ3) is 1.35. The van der Waals surface area contributed by atoms with E-state index in [0.717, 1.165) is 5.69 Å². The van der Waals surface area contributed by atoms with Gasteiger partial charge in [0.2, 0.25) is 5.88 Å². The highest BCUT2D eigenvalue weighted by Crippen LogP contribution is 2.15. The van der Waals surface area contributed by atoms with Crippen molar-refractivity contribution in [3.05, 3.63) is 18.1 Å². The van der Waals surface area contributed by atoms with E-state index in [9.17, 15) is 5.11 Å². The molecule has 6 nitrogen and oxygen atoms in total. The van der Waals surface area contributed by atoms with E-state index >= 15 is 0 Å². The number of aromatic nitrogens is 3. The van der Waals surface area contributed by atoms with Gasteiger partial charge < -0.3 is 16.6 Å². The molecular formula is C8H11N5O. The average molecular weight is 193 g/mol. The number of nitrogens with zero attached hydrogens (tertiary/aromatic N) is 3. The number of nitrogen functional groups attached to an aromatic ring is 1. The molecular weight excluding hydrogens is 182 g/mol. The van der Waals surface area contributed by atoms with Crippen molar-refractivity contribution in [3.63, 3.8) is 0 Å². The molecule has 2 rings (SSSR count). The summed E-state index contributed by atoms with van der Waals surface area (Å²) in [6.07, 6.45) is 3.92. The molecule has 2 aromatic rings. The molecule has 0 saturated heterocycles. The highest BCUT2D eigenvalue weighted by atomic mass is 16.3. The van der Waals surface area contributed by atoms with Crippen LogP contribution in [0.2, 0.25) is 0 Å². The predicted molar refractivity (Wildman–Crippen MR) is 51.8 cm³/mol. The number of nitrogens with two attached hydrogens (primary N) is 2. The van der Waals surface area contributed by atoms with Gasteiger partial charge in [0.25, 0.3) is 0 Å². The van der Waals surface area contributed by atoms with Crippen molar-refractivity contribution in [2.24, 2.45) is 5.73 Å². The molecule has 0 amide bonds. The average Bonchev–Trinajstić information content (AvgIpc) is 2.48. The van der Waals surface area contributed by atoms with Crippen molar-refractivity contribution in [1.29, 1.82) is 0 Å². The van der Waals surface area contributed by atoms with Gasteiger partial charge in [0.1, 0.15) is 0 Å². The Kier molecular flexibility index (Phi) is 1.97. The molecule has 0 atom stereocenters. The molecule has 5 N–H and O–H groups in total. The van der Waals surface area contributed by atoms with Gasteiger partial charge in [-0.05, 0) is 6.54 Å². The number of hydrogen-bond acceptors (Lipinski definition) is 5. The first kappa shape index (κ1) is 8.76. The number of imidazole rings is 1. The van der Waals surface area contributed by atoms with Crippen LogP contribution in [0.5, 0.6) is 5.88 Å². The van der Waals surface area contributed by atoms with Gasteiger partial charge in [0, 0.05) is 12.6 Å². The van der Waals surface area contributed by atoms with E-state index in [-0.39, 0.29) is 11.7 Å². The quantitative estimate of drug-likeness (QED) is 0.597. The number of rotatable bonds is 2. The Hall–Kier alpha value is -1.82. The zero-order chi connectivity index (χ0) is 10.1. The highest BCUT2D eigenvalue weighted by molar-refractivity contribution is 5.60. The number of anilines is 1. The summed E-state index contributed by atoms with van der Waals surface area (Å²) in [5.74, 6) is 0.0972. The summed E-state index contributed by atoms with van der Waals surface area (Å²) in [7, 11) is 0. The van der Waals surface area contributed by atoms with Crippen LogP contribution in [0.4, 0.5) is 5.82 Å². The molecule has 0 spiro atoms. The molecule has 74 valence electrons. The largest absolute Gasteiger partial charge is 0.492 e. The van der Waals surface area contributed by atoms with E-state index in [0.29, 0.717) is 18.6 Å². The second-order valence-corrected chi connectivity index (χ2v) is 2.99. The molecule has 0 aromatic carbocycles. The molecule has 0 bridgehead atoms. The van der Waals surface area contributed by atoms with E-state index in [1.807, 2.05) is 0 Å². The monoisotopic (exact) mass is 193 g/mol. The maximum atomic E-state index is 9.19. The third-order valence-corrected chi connectivity index (χ3v) is 1.90. The van der Waals surface area contributed by atoms with Crippen molar-refractivity contribution >= 4 is 11.5 Å². The van der Waals surface area contributed by atoms with Gasteiger partial charge >= 0.3 is 0 Å². The van der Waals surface area contributed by atoms with E-state index in [4.69, 9.17) is 11.5 Å². The summed E-state index contributed by atoms with van der Waals surface area (Å²) in [5, 5.41) is 9.19. The zero-order valence-electron chi connectivity index (χ0n) is 7.51. The lowest BCUT2D eigenvalue weighted by molar-refractivity contribution is 0.451. The Labute approximate surface area is 80.2 Å². The maximum Gasteiger partial charge on any atom is 0.230 e. The highest BCUT2D eigenvalue weighted by Gasteiger charge is 2.06. The molecule has 0 radical (unpaired) electrons. The van der Waals surface area contributed by atoms with Gasteiger partial charge in [-0.3, -0.25) is 4.40 Å². The molecule has 14 heavy (non-hydrogen) atoms. The summed E-state index contributed by atoms with van der Waals surface area (Å²) in [5.41, 5.74) is 12.4. The Bertz CT molecular complexity index is 464. The summed E-state index contributed by atoms with van der Waals surface area (Å²) in [4.78, 5) is 7.92. The van der Waals surface area contributed by atoms with Crippen molar-refractivity contribution in [3.8, 4) is 5.88 Å². The molecule has 6 heteroatoms. The van der Waals surface area contributed by atoms with Gasteiger partial charge in [-0.1, -0.05) is 0 Å². The molecule has 0 aliphatic rings. The van der Waals surface area contributed by atoms with Crippen LogP contribution < -0.4 is 11.5 Å². The van der Waals surface area contributed by atoms with E-state index < -0.39 is 0 Å². The molecule has 0 aliphatic carbocycles. The number of fused-ring (bicyclic) bond motifs is 1. The van der Waals surface area contributed by atoms with E-state index in [1.165, 1.54) is 6.20 Å². The fourth-order valence-electron chi connectivity index (χ4n) is 1.33. The van der Waals surface area contributed by atoms with Crippen molar-refractivity contribution in [2.75, 3.05) is 12.3 Å². The first-order valence-corrected chi connectivity index (χ1v) is 4.24. The van der Waals surface area contributed by atoms with Gasteiger partial charge in [0.15, 0.2) is 11.5 Å². The Morgan fingerprint density at radius 1 is 1.36 bits per heavy atom. The van der Waals surface area contributed by atoms with Crippen LogP contribution in [0.3, 0.4) is 0 Å². The predicted octanol–water partition coefficient (Wildman–Crippen LogP) is -0.482. The van der Waals surface area contributed by atoms with Crippen molar-refractivity contribution in [1.82, 2.24) is 14.4 Å². The van der Waals surface area contributed by atoms with Gasteiger partial charge in [0.05, 0.1) is 11.9 Å². The van der Waals surface area contributed by atoms with E-state index in [1.54, 1.807) is 10.6 Å². The second kappa shape index (κ2) is 3.15. The Morgan fingerprint density at radius 2 is 2.14 bits per heavy atom. The zero-order valence-corrected chi connectivity index (χ0v) is 7.51. The summed E-state index contributed by atoms with van der Waals surface area (Å²) >= 11 is 0. The van der Waals surface area contributed by atoms with Gasteiger partial charge in [-0.2, -0.15) is 4.98 Å². The normalized spacial score (nSPS) is 10.9. The van der Waals surface area contributed by atoms with Crippen LogP contribution in [-0.4, -0.2) is 26.0 Å². The van der Waals surface area contributed by atoms with Crippen molar-refractivity contribution in [2.45, 2.75) is 6.42 Å². The number of hydrogen-bond donors (Lipinski definition) is 3. The summed E-state index contributed by atoms with van der Waals surface area (Å²) in [6.45, 7) is 0.531. The van der Waals surface area contributed by atoms with Crippen LogP contribution >= 0.6 is 0 Å². The van der Waals surface area contributed by atoms with E-state index in [2.05, 4.69) is 9.97 Å². The van der Waals surface area contributed by atoms with Crippen LogP contribution in [0.1, 0.15) is 5.69 Å². The molecule has 0 aliphatic heterocycles. The SMILES string of the molecule is NCCc1cn2cc(O)nc(N)c2n1.